The third kappa shape index (κ3) is 5.02. The van der Waals surface area contributed by atoms with Crippen LogP contribution in [0, 0.1) is 13.8 Å². The molecule has 5 nitrogen and oxygen atoms in total. The molecule has 1 unspecified atom stereocenters. The molecule has 1 aliphatic carbocycles. The summed E-state index contributed by atoms with van der Waals surface area (Å²) < 4.78 is 28.4. The fourth-order valence-electron chi connectivity index (χ4n) is 4.55. The second-order valence-electron chi connectivity index (χ2n) is 9.07. The van der Waals surface area contributed by atoms with Gasteiger partial charge in [-0.05, 0) is 92.5 Å². The van der Waals surface area contributed by atoms with Crippen molar-refractivity contribution >= 4 is 21.6 Å². The molecule has 0 aliphatic heterocycles. The van der Waals surface area contributed by atoms with Gasteiger partial charge in [0.2, 0.25) is 5.91 Å². The van der Waals surface area contributed by atoms with Crippen LogP contribution in [-0.4, -0.2) is 20.9 Å². The van der Waals surface area contributed by atoms with Crippen molar-refractivity contribution < 1.29 is 13.2 Å². The standard InChI is InChI=1S/C28H32N2O3S/c1-20-10-9-15-27(21(20)2)30(34(32,33)26-13-5-4-6-14-26)19-28(31)29-22(3)24-17-16-23-11-7-8-12-25(23)18-24/h4-6,9-10,13-18,22H,7-8,11-12,19H2,1-3H3,(H,29,31). The Kier molecular flexibility index (Phi) is 7.08. The van der Waals surface area contributed by atoms with Crippen LogP contribution in [0.3, 0.4) is 0 Å². The van der Waals surface area contributed by atoms with Gasteiger partial charge < -0.3 is 5.32 Å². The fraction of sp³-hybridized carbons (Fsp3) is 0.321. The summed E-state index contributed by atoms with van der Waals surface area (Å²) in [5.74, 6) is -0.342. The van der Waals surface area contributed by atoms with Crippen molar-refractivity contribution in [3.8, 4) is 0 Å². The Bertz CT molecular complexity index is 1290. The van der Waals surface area contributed by atoms with E-state index in [1.807, 2.05) is 32.9 Å². The molecule has 6 heteroatoms. The van der Waals surface area contributed by atoms with Crippen LogP contribution in [0.1, 0.15) is 53.6 Å². The van der Waals surface area contributed by atoms with E-state index in [-0.39, 0.29) is 23.4 Å². The summed E-state index contributed by atoms with van der Waals surface area (Å²) >= 11 is 0. The average molecular weight is 477 g/mol. The topological polar surface area (TPSA) is 66.5 Å². The van der Waals surface area contributed by atoms with Crippen molar-refractivity contribution in [3.63, 3.8) is 0 Å². The van der Waals surface area contributed by atoms with Gasteiger partial charge >= 0.3 is 0 Å². The van der Waals surface area contributed by atoms with Gasteiger partial charge in [-0.1, -0.05) is 48.5 Å². The maximum absolute atomic E-state index is 13.6. The first-order valence-corrected chi connectivity index (χ1v) is 13.3. The van der Waals surface area contributed by atoms with Crippen molar-refractivity contribution in [1.29, 1.82) is 0 Å². The molecular formula is C28H32N2O3S. The van der Waals surface area contributed by atoms with E-state index in [0.29, 0.717) is 5.69 Å². The Morgan fingerprint density at radius 1 is 0.941 bits per heavy atom. The zero-order valence-corrected chi connectivity index (χ0v) is 20.9. The summed E-state index contributed by atoms with van der Waals surface area (Å²) in [5, 5.41) is 3.02. The molecule has 0 heterocycles. The second kappa shape index (κ2) is 10.0. The minimum atomic E-state index is -3.93. The van der Waals surface area contributed by atoms with E-state index in [9.17, 15) is 13.2 Å². The van der Waals surface area contributed by atoms with Crippen molar-refractivity contribution in [2.45, 2.75) is 57.4 Å². The Morgan fingerprint density at radius 2 is 1.65 bits per heavy atom. The van der Waals surface area contributed by atoms with E-state index in [2.05, 4.69) is 23.5 Å². The van der Waals surface area contributed by atoms with Crippen LogP contribution in [0.4, 0.5) is 5.69 Å². The number of anilines is 1. The number of nitrogens with one attached hydrogen (secondary N) is 1. The van der Waals surface area contributed by atoms with Gasteiger partial charge in [0.05, 0.1) is 16.6 Å². The maximum Gasteiger partial charge on any atom is 0.264 e. The highest BCUT2D eigenvalue weighted by Gasteiger charge is 2.29. The van der Waals surface area contributed by atoms with E-state index >= 15 is 0 Å². The Labute approximate surface area is 202 Å². The number of hydrogen-bond donors (Lipinski definition) is 1. The average Bonchev–Trinajstić information content (AvgIpc) is 2.84. The maximum atomic E-state index is 13.6. The van der Waals surface area contributed by atoms with E-state index in [1.165, 1.54) is 28.3 Å². The zero-order chi connectivity index (χ0) is 24.3. The van der Waals surface area contributed by atoms with Crippen LogP contribution in [-0.2, 0) is 27.7 Å². The van der Waals surface area contributed by atoms with Crippen molar-refractivity contribution in [2.75, 3.05) is 10.8 Å². The van der Waals surface area contributed by atoms with E-state index in [0.717, 1.165) is 29.5 Å². The highest BCUT2D eigenvalue weighted by Crippen LogP contribution is 2.29. The fourth-order valence-corrected chi connectivity index (χ4v) is 6.05. The lowest BCUT2D eigenvalue weighted by Crippen LogP contribution is -2.42. The number of aryl methyl sites for hydroxylation is 3. The number of benzene rings is 3. The van der Waals surface area contributed by atoms with Crippen LogP contribution >= 0.6 is 0 Å². The van der Waals surface area contributed by atoms with Crippen molar-refractivity contribution in [2.24, 2.45) is 0 Å². The van der Waals surface area contributed by atoms with Gasteiger partial charge in [0, 0.05) is 0 Å². The van der Waals surface area contributed by atoms with E-state index in [1.54, 1.807) is 36.4 Å². The lowest BCUT2D eigenvalue weighted by atomic mass is 9.89. The molecule has 0 bridgehead atoms. The molecule has 178 valence electrons. The molecule has 0 spiro atoms. The van der Waals surface area contributed by atoms with Crippen LogP contribution in [0.5, 0.6) is 0 Å². The third-order valence-electron chi connectivity index (χ3n) is 6.71. The minimum absolute atomic E-state index is 0.159. The Balaban J connectivity index is 1.60. The SMILES string of the molecule is Cc1cccc(N(CC(=O)NC(C)c2ccc3c(c2)CCCC3)S(=O)(=O)c2ccccc2)c1C. The summed E-state index contributed by atoms with van der Waals surface area (Å²) in [5.41, 5.74) is 6.10. The summed E-state index contributed by atoms with van der Waals surface area (Å²) in [6.45, 7) is 5.46. The number of fused-ring (bicyclic) bond motifs is 1. The van der Waals surface area contributed by atoms with Gasteiger partial charge in [-0.25, -0.2) is 8.42 Å². The van der Waals surface area contributed by atoms with E-state index in [4.69, 9.17) is 0 Å². The summed E-state index contributed by atoms with van der Waals surface area (Å²) in [7, 11) is -3.93. The number of hydrogen-bond acceptors (Lipinski definition) is 3. The quantitative estimate of drug-likeness (QED) is 0.506. The van der Waals surface area contributed by atoms with Crippen LogP contribution < -0.4 is 9.62 Å². The van der Waals surface area contributed by atoms with Crippen LogP contribution in [0.25, 0.3) is 0 Å². The first-order chi connectivity index (χ1) is 16.3. The number of amides is 1. The smallest absolute Gasteiger partial charge is 0.264 e. The van der Waals surface area contributed by atoms with Gasteiger partial charge in [-0.15, -0.1) is 0 Å². The molecule has 0 radical (unpaired) electrons. The summed E-state index contributed by atoms with van der Waals surface area (Å²) in [6.07, 6.45) is 4.60. The van der Waals surface area contributed by atoms with Crippen LogP contribution in [0.2, 0.25) is 0 Å². The molecule has 1 atom stereocenters. The Hall–Kier alpha value is -3.12. The molecule has 1 amide bonds. The first kappa shape index (κ1) is 24.0. The molecule has 1 aliphatic rings. The molecule has 0 aromatic heterocycles. The van der Waals surface area contributed by atoms with Gasteiger partial charge in [-0.3, -0.25) is 9.10 Å². The normalized spacial score (nSPS) is 14.2. The predicted octanol–water partition coefficient (Wildman–Crippen LogP) is 5.25. The zero-order valence-electron chi connectivity index (χ0n) is 20.0. The van der Waals surface area contributed by atoms with Gasteiger partial charge in [0.1, 0.15) is 6.54 Å². The number of carbonyl (C=O) groups excluding carboxylic acids is 1. The number of sulfonamides is 1. The predicted molar refractivity (Wildman–Crippen MR) is 137 cm³/mol. The molecule has 34 heavy (non-hydrogen) atoms. The van der Waals surface area contributed by atoms with Crippen LogP contribution in [0.15, 0.2) is 71.6 Å². The monoisotopic (exact) mass is 476 g/mol. The molecule has 1 N–H and O–H groups in total. The van der Waals surface area contributed by atoms with Gasteiger partial charge in [-0.2, -0.15) is 0 Å². The lowest BCUT2D eigenvalue weighted by molar-refractivity contribution is -0.120. The molecule has 4 rings (SSSR count). The molecule has 3 aromatic carbocycles. The Morgan fingerprint density at radius 3 is 2.38 bits per heavy atom. The molecular weight excluding hydrogens is 444 g/mol. The summed E-state index contributed by atoms with van der Waals surface area (Å²) in [4.78, 5) is 13.3. The van der Waals surface area contributed by atoms with Gasteiger partial charge in [0.15, 0.2) is 0 Å². The highest BCUT2D eigenvalue weighted by atomic mass is 32.2. The van der Waals surface area contributed by atoms with E-state index < -0.39 is 10.0 Å². The van der Waals surface area contributed by atoms with Crippen molar-refractivity contribution in [3.05, 3.63) is 94.5 Å². The minimum Gasteiger partial charge on any atom is -0.348 e. The summed E-state index contributed by atoms with van der Waals surface area (Å²) in [6, 6.07) is 20.0. The van der Waals surface area contributed by atoms with Crippen molar-refractivity contribution in [1.82, 2.24) is 5.32 Å². The molecule has 3 aromatic rings. The molecule has 0 saturated carbocycles. The van der Waals surface area contributed by atoms with Gasteiger partial charge in [0.25, 0.3) is 10.0 Å². The molecule has 0 saturated heterocycles. The largest absolute Gasteiger partial charge is 0.348 e. The lowest BCUT2D eigenvalue weighted by Gasteiger charge is -2.27. The highest BCUT2D eigenvalue weighted by molar-refractivity contribution is 7.92. The first-order valence-electron chi connectivity index (χ1n) is 11.8. The number of carbonyl (C=O) groups is 1. The number of rotatable bonds is 7. The molecule has 0 fully saturated rings. The number of nitrogens with zero attached hydrogens (tertiary/aromatic N) is 1. The third-order valence-corrected chi connectivity index (χ3v) is 8.49. The second-order valence-corrected chi connectivity index (χ2v) is 10.9.